The molecule has 2 heterocycles. The third-order valence-electron chi connectivity index (χ3n) is 8.75. The number of likely N-dealkylation sites (N-methyl/N-ethyl adjacent to an activating group) is 1. The van der Waals surface area contributed by atoms with Crippen LogP contribution in [-0.4, -0.2) is 66.9 Å². The van der Waals surface area contributed by atoms with Crippen LogP contribution in [0.25, 0.3) is 11.1 Å². The Morgan fingerprint density at radius 2 is 1.51 bits per heavy atom. The van der Waals surface area contributed by atoms with Crippen LogP contribution >= 0.6 is 0 Å². The first kappa shape index (κ1) is 25.9. The molecular weight excluding hydrogens is 488 g/mol. The normalized spacial score (nSPS) is 23.8. The van der Waals surface area contributed by atoms with E-state index in [1.165, 1.54) is 22.3 Å². The Morgan fingerprint density at radius 3 is 2.10 bits per heavy atom. The van der Waals surface area contributed by atoms with E-state index >= 15 is 0 Å². The number of fused-ring (bicyclic) bond motifs is 5. The van der Waals surface area contributed by atoms with E-state index in [0.717, 1.165) is 37.1 Å². The van der Waals surface area contributed by atoms with Crippen LogP contribution in [0.3, 0.4) is 0 Å². The molecule has 0 aromatic heterocycles. The van der Waals surface area contributed by atoms with Crippen molar-refractivity contribution in [2.45, 2.75) is 55.7 Å². The quantitative estimate of drug-likeness (QED) is 0.423. The third kappa shape index (κ3) is 5.04. The van der Waals surface area contributed by atoms with Crippen LogP contribution in [0.2, 0.25) is 0 Å². The lowest BCUT2D eigenvalue weighted by atomic mass is 9.72. The van der Waals surface area contributed by atoms with Crippen molar-refractivity contribution in [3.8, 4) is 16.9 Å². The highest BCUT2D eigenvalue weighted by molar-refractivity contribution is 5.79. The summed E-state index contributed by atoms with van der Waals surface area (Å²) in [4.78, 5) is 17.6. The van der Waals surface area contributed by atoms with Gasteiger partial charge in [0.1, 0.15) is 19.0 Å². The molecule has 1 N–H and O–H groups in total. The van der Waals surface area contributed by atoms with Gasteiger partial charge in [0.05, 0.1) is 5.60 Å². The second-order valence-electron chi connectivity index (χ2n) is 11.6. The zero-order chi connectivity index (χ0) is 27.0. The number of amides is 1. The predicted molar refractivity (Wildman–Crippen MR) is 152 cm³/mol. The van der Waals surface area contributed by atoms with Gasteiger partial charge in [-0.25, -0.2) is 4.79 Å². The van der Waals surface area contributed by atoms with Gasteiger partial charge < -0.3 is 24.4 Å². The lowest BCUT2D eigenvalue weighted by molar-refractivity contribution is -0.0891. The Bertz CT molecular complexity index is 1260. The van der Waals surface area contributed by atoms with Crippen molar-refractivity contribution < 1.29 is 19.4 Å². The van der Waals surface area contributed by atoms with Crippen LogP contribution in [0.4, 0.5) is 4.79 Å². The molecule has 204 valence electrons. The molecule has 2 unspecified atom stereocenters. The highest BCUT2D eigenvalue weighted by atomic mass is 16.6. The molecule has 2 atom stereocenters. The van der Waals surface area contributed by atoms with Gasteiger partial charge in [-0.1, -0.05) is 60.7 Å². The molecule has 39 heavy (non-hydrogen) atoms. The number of aliphatic hydroxyl groups is 1. The number of benzene rings is 3. The average Bonchev–Trinajstić information content (AvgIpc) is 3.25. The van der Waals surface area contributed by atoms with Gasteiger partial charge in [-0.3, -0.25) is 0 Å². The summed E-state index contributed by atoms with van der Waals surface area (Å²) in [7, 11) is 4.04. The summed E-state index contributed by atoms with van der Waals surface area (Å²) >= 11 is 0. The number of carbonyl (C=O) groups is 1. The molecule has 1 aliphatic carbocycles. The Morgan fingerprint density at radius 1 is 0.923 bits per heavy atom. The molecule has 1 amide bonds. The minimum Gasteiger partial charge on any atom is -0.492 e. The molecule has 0 radical (unpaired) electrons. The van der Waals surface area contributed by atoms with Crippen molar-refractivity contribution in [1.29, 1.82) is 0 Å². The Hall–Kier alpha value is -3.35. The molecule has 0 spiro atoms. The molecule has 3 aliphatic rings. The maximum atomic E-state index is 13.5. The van der Waals surface area contributed by atoms with Gasteiger partial charge in [-0.2, -0.15) is 0 Å². The summed E-state index contributed by atoms with van der Waals surface area (Å²) in [6.07, 6.45) is 3.63. The van der Waals surface area contributed by atoms with E-state index in [4.69, 9.17) is 9.47 Å². The van der Waals surface area contributed by atoms with Crippen molar-refractivity contribution >= 4 is 6.09 Å². The first-order valence-electron chi connectivity index (χ1n) is 14.2. The highest BCUT2D eigenvalue weighted by Crippen LogP contribution is 2.46. The third-order valence-corrected chi connectivity index (χ3v) is 8.75. The van der Waals surface area contributed by atoms with Gasteiger partial charge in [0.2, 0.25) is 0 Å². The predicted octanol–water partition coefficient (Wildman–Crippen LogP) is 5.78. The van der Waals surface area contributed by atoms with E-state index < -0.39 is 5.60 Å². The molecule has 6 heteroatoms. The van der Waals surface area contributed by atoms with Crippen LogP contribution in [-0.2, 0) is 10.3 Å². The summed E-state index contributed by atoms with van der Waals surface area (Å²) in [6.45, 7) is 1.79. The number of nitrogens with zero attached hydrogens (tertiary/aromatic N) is 2. The van der Waals surface area contributed by atoms with Gasteiger partial charge >= 0.3 is 6.09 Å². The van der Waals surface area contributed by atoms with E-state index in [2.05, 4.69) is 53.4 Å². The average molecular weight is 527 g/mol. The van der Waals surface area contributed by atoms with Crippen molar-refractivity contribution in [2.75, 3.05) is 33.9 Å². The Balaban J connectivity index is 1.13. The Kier molecular flexibility index (Phi) is 7.08. The van der Waals surface area contributed by atoms with Gasteiger partial charge in [-0.05, 0) is 73.3 Å². The molecule has 6 nitrogen and oxygen atoms in total. The van der Waals surface area contributed by atoms with E-state index in [0.29, 0.717) is 26.1 Å². The molecule has 2 aliphatic heterocycles. The molecule has 2 fully saturated rings. The molecule has 3 aromatic rings. The maximum Gasteiger partial charge on any atom is 0.410 e. The molecule has 2 saturated heterocycles. The second kappa shape index (κ2) is 10.7. The number of rotatable bonds is 7. The zero-order valence-electron chi connectivity index (χ0n) is 22.9. The number of carbonyl (C=O) groups excluding carboxylic acids is 1. The van der Waals surface area contributed by atoms with Gasteiger partial charge in [-0.15, -0.1) is 0 Å². The van der Waals surface area contributed by atoms with E-state index in [-0.39, 0.29) is 24.1 Å². The van der Waals surface area contributed by atoms with Crippen molar-refractivity contribution in [3.05, 3.63) is 89.5 Å². The van der Waals surface area contributed by atoms with Crippen molar-refractivity contribution in [2.24, 2.45) is 0 Å². The monoisotopic (exact) mass is 526 g/mol. The fourth-order valence-electron chi connectivity index (χ4n) is 6.84. The smallest absolute Gasteiger partial charge is 0.410 e. The van der Waals surface area contributed by atoms with Gasteiger partial charge in [0.15, 0.2) is 0 Å². The lowest BCUT2D eigenvalue weighted by Crippen LogP contribution is -2.59. The van der Waals surface area contributed by atoms with Gasteiger partial charge in [0.25, 0.3) is 0 Å². The zero-order valence-corrected chi connectivity index (χ0v) is 22.9. The standard InChI is InChI=1S/C33H38N2O4/c1-34(2)18-19-38-26-16-14-23(15-17-26)33(37)20-24-8-7-9-25(21-33)35(24)32(36)39-22-31-29-12-5-3-10-27(29)28-11-4-6-13-30(28)31/h3-6,10-17,24-25,31,37H,7-9,18-22H2,1-2H3. The maximum absolute atomic E-state index is 13.5. The SMILES string of the molecule is CN(C)CCOc1ccc(C2(O)CC3CCCC(C2)N3C(=O)OCC2c3ccccc3-c3ccccc32)cc1. The van der Waals surface area contributed by atoms with Crippen LogP contribution in [0.15, 0.2) is 72.8 Å². The van der Waals surface area contributed by atoms with E-state index in [1.54, 1.807) is 0 Å². The largest absolute Gasteiger partial charge is 0.492 e. The van der Waals surface area contributed by atoms with Crippen LogP contribution < -0.4 is 4.74 Å². The van der Waals surface area contributed by atoms with Crippen LogP contribution in [0.5, 0.6) is 5.75 Å². The summed E-state index contributed by atoms with van der Waals surface area (Å²) in [5, 5.41) is 11.8. The lowest BCUT2D eigenvalue weighted by Gasteiger charge is -2.51. The molecule has 3 aromatic carbocycles. The summed E-state index contributed by atoms with van der Waals surface area (Å²) in [5.74, 6) is 0.849. The van der Waals surface area contributed by atoms with Crippen LogP contribution in [0, 0.1) is 0 Å². The number of hydrogen-bond acceptors (Lipinski definition) is 5. The van der Waals surface area contributed by atoms with Crippen LogP contribution in [0.1, 0.15) is 54.7 Å². The minimum absolute atomic E-state index is 0.0332. The second-order valence-corrected chi connectivity index (χ2v) is 11.6. The topological polar surface area (TPSA) is 62.2 Å². The number of hydrogen-bond donors (Lipinski definition) is 1. The molecule has 2 bridgehead atoms. The van der Waals surface area contributed by atoms with Crippen molar-refractivity contribution in [1.82, 2.24) is 9.80 Å². The molecule has 6 rings (SSSR count). The number of piperidine rings is 2. The Labute approximate surface area is 231 Å². The fraction of sp³-hybridized carbons (Fsp3) is 0.424. The minimum atomic E-state index is -0.960. The summed E-state index contributed by atoms with van der Waals surface area (Å²) in [5.41, 5.74) is 4.82. The first-order chi connectivity index (χ1) is 18.9. The van der Waals surface area contributed by atoms with E-state index in [9.17, 15) is 9.90 Å². The van der Waals surface area contributed by atoms with Gasteiger partial charge in [0, 0.05) is 37.4 Å². The highest BCUT2D eigenvalue weighted by Gasteiger charge is 2.48. The summed E-state index contributed by atoms with van der Waals surface area (Å²) in [6, 6.07) is 24.6. The first-order valence-corrected chi connectivity index (χ1v) is 14.2. The van der Waals surface area contributed by atoms with Crippen molar-refractivity contribution in [3.63, 3.8) is 0 Å². The fourth-order valence-corrected chi connectivity index (χ4v) is 6.84. The molecule has 0 saturated carbocycles. The summed E-state index contributed by atoms with van der Waals surface area (Å²) < 4.78 is 11.9. The molecular formula is C33H38N2O4. The number of ether oxygens (including phenoxy) is 2. The van der Waals surface area contributed by atoms with E-state index in [1.807, 2.05) is 43.3 Å².